The summed E-state index contributed by atoms with van der Waals surface area (Å²) in [6, 6.07) is 5.93. The summed E-state index contributed by atoms with van der Waals surface area (Å²) in [7, 11) is 0. The first-order chi connectivity index (χ1) is 13.9. The van der Waals surface area contributed by atoms with Crippen LogP contribution in [0.4, 0.5) is 0 Å². The maximum absolute atomic E-state index is 5.69. The highest BCUT2D eigenvalue weighted by Gasteiger charge is 2.14. The molecule has 2 N–H and O–H groups in total. The highest BCUT2D eigenvalue weighted by molar-refractivity contribution is 14.0. The van der Waals surface area contributed by atoms with E-state index in [1.54, 1.807) is 0 Å². The van der Waals surface area contributed by atoms with Crippen LogP contribution in [0.3, 0.4) is 0 Å². The van der Waals surface area contributed by atoms with E-state index in [-0.39, 0.29) is 24.0 Å². The molecule has 0 aliphatic carbocycles. The van der Waals surface area contributed by atoms with E-state index in [9.17, 15) is 0 Å². The Morgan fingerprint density at radius 3 is 3.07 bits per heavy atom. The molecule has 1 fully saturated rings. The second-order valence-corrected chi connectivity index (χ2v) is 6.90. The van der Waals surface area contributed by atoms with Gasteiger partial charge in [-0.25, -0.2) is 0 Å². The third-order valence-corrected chi connectivity index (χ3v) is 4.64. The summed E-state index contributed by atoms with van der Waals surface area (Å²) in [6.45, 7) is 6.84. The number of rotatable bonds is 11. The topological polar surface area (TPSA) is 85.1 Å². The van der Waals surface area contributed by atoms with Gasteiger partial charge in [-0.2, -0.15) is 0 Å². The molecule has 0 aromatic carbocycles. The van der Waals surface area contributed by atoms with Gasteiger partial charge < -0.3 is 20.1 Å². The number of hydrogen-bond acceptors (Lipinski definition) is 5. The number of fused-ring (bicyclic) bond motifs is 1. The lowest BCUT2D eigenvalue weighted by molar-refractivity contribution is 0.0168. The molecule has 0 bridgehead atoms. The van der Waals surface area contributed by atoms with Crippen molar-refractivity contribution in [1.29, 1.82) is 0 Å². The SMILES string of the molecule is CCNC(=NCCCc1nnc2ccccn12)NCCCOCC1CCCO1.I. The molecule has 9 heteroatoms. The minimum absolute atomic E-state index is 0. The van der Waals surface area contributed by atoms with Crippen molar-refractivity contribution >= 4 is 35.6 Å². The van der Waals surface area contributed by atoms with E-state index in [0.29, 0.717) is 12.7 Å². The lowest BCUT2D eigenvalue weighted by Gasteiger charge is -2.12. The number of halogens is 1. The standard InChI is InChI=1S/C20H32N6O2.HI/c1-2-21-20(23-12-7-14-27-16-17-8-6-15-28-17)22-11-5-10-19-25-24-18-9-3-4-13-26(18)19;/h3-4,9,13,17H,2,5-8,10-12,14-16H2,1H3,(H2,21,22,23);1H. The van der Waals surface area contributed by atoms with Crippen LogP contribution in [0, 0.1) is 0 Å². The quantitative estimate of drug-likeness (QED) is 0.207. The van der Waals surface area contributed by atoms with Crippen LogP contribution >= 0.6 is 24.0 Å². The van der Waals surface area contributed by atoms with Crippen LogP contribution in [0.1, 0.15) is 38.4 Å². The highest BCUT2D eigenvalue weighted by Crippen LogP contribution is 2.11. The molecule has 2 aromatic heterocycles. The van der Waals surface area contributed by atoms with E-state index in [1.807, 2.05) is 28.8 Å². The van der Waals surface area contributed by atoms with Crippen molar-refractivity contribution in [2.45, 2.75) is 45.1 Å². The smallest absolute Gasteiger partial charge is 0.191 e. The molecule has 1 unspecified atom stereocenters. The molecule has 1 aliphatic heterocycles. The lowest BCUT2D eigenvalue weighted by atomic mass is 10.2. The fourth-order valence-corrected chi connectivity index (χ4v) is 3.20. The zero-order valence-corrected chi connectivity index (χ0v) is 19.5. The van der Waals surface area contributed by atoms with Gasteiger partial charge in [0.2, 0.25) is 0 Å². The van der Waals surface area contributed by atoms with Crippen molar-refractivity contribution in [2.24, 2.45) is 4.99 Å². The van der Waals surface area contributed by atoms with E-state index in [4.69, 9.17) is 9.47 Å². The molecule has 3 heterocycles. The molecule has 2 aromatic rings. The van der Waals surface area contributed by atoms with Gasteiger partial charge in [0, 0.05) is 45.5 Å². The number of ether oxygens (including phenoxy) is 2. The van der Waals surface area contributed by atoms with E-state index < -0.39 is 0 Å². The minimum Gasteiger partial charge on any atom is -0.379 e. The largest absolute Gasteiger partial charge is 0.379 e. The Balaban J connectivity index is 0.00000300. The minimum atomic E-state index is 0. The van der Waals surface area contributed by atoms with Crippen molar-refractivity contribution in [3.05, 3.63) is 30.2 Å². The molecule has 1 atom stereocenters. The first-order valence-corrected chi connectivity index (χ1v) is 10.4. The van der Waals surface area contributed by atoms with Gasteiger partial charge in [0.05, 0.1) is 12.7 Å². The average molecular weight is 516 g/mol. The molecular formula is C20H33IN6O2. The lowest BCUT2D eigenvalue weighted by Crippen LogP contribution is -2.38. The first-order valence-electron chi connectivity index (χ1n) is 10.4. The first kappa shape index (κ1) is 23.8. The van der Waals surface area contributed by atoms with Gasteiger partial charge in [-0.05, 0) is 44.7 Å². The second kappa shape index (κ2) is 13.7. The molecule has 162 valence electrons. The summed E-state index contributed by atoms with van der Waals surface area (Å²) in [5, 5.41) is 15.1. The molecule has 0 spiro atoms. The van der Waals surface area contributed by atoms with Gasteiger partial charge in [0.15, 0.2) is 11.6 Å². The van der Waals surface area contributed by atoms with Crippen molar-refractivity contribution in [2.75, 3.05) is 39.5 Å². The molecule has 1 saturated heterocycles. The Hall–Kier alpha value is -1.46. The van der Waals surface area contributed by atoms with Gasteiger partial charge in [-0.15, -0.1) is 34.2 Å². The number of nitrogens with zero attached hydrogens (tertiary/aromatic N) is 4. The Kier molecular flexibility index (Phi) is 11.3. The van der Waals surface area contributed by atoms with E-state index in [2.05, 4.69) is 32.7 Å². The molecule has 29 heavy (non-hydrogen) atoms. The van der Waals surface area contributed by atoms with Crippen LogP contribution in [-0.2, 0) is 15.9 Å². The van der Waals surface area contributed by atoms with Crippen LogP contribution in [0.2, 0.25) is 0 Å². The third-order valence-electron chi connectivity index (χ3n) is 4.64. The number of aromatic nitrogens is 3. The average Bonchev–Trinajstić information content (AvgIpc) is 3.38. The van der Waals surface area contributed by atoms with Crippen molar-refractivity contribution in [3.8, 4) is 0 Å². The predicted octanol–water partition coefficient (Wildman–Crippen LogP) is 2.42. The van der Waals surface area contributed by atoms with Gasteiger partial charge in [-0.3, -0.25) is 9.39 Å². The van der Waals surface area contributed by atoms with E-state index in [0.717, 1.165) is 82.4 Å². The van der Waals surface area contributed by atoms with Crippen molar-refractivity contribution in [3.63, 3.8) is 0 Å². The van der Waals surface area contributed by atoms with Gasteiger partial charge in [0.25, 0.3) is 0 Å². The highest BCUT2D eigenvalue weighted by atomic mass is 127. The molecule has 8 nitrogen and oxygen atoms in total. The number of aryl methyl sites for hydroxylation is 1. The maximum Gasteiger partial charge on any atom is 0.191 e. The van der Waals surface area contributed by atoms with E-state index in [1.165, 1.54) is 0 Å². The normalized spacial score (nSPS) is 16.7. The number of nitrogens with one attached hydrogen (secondary N) is 2. The van der Waals surface area contributed by atoms with E-state index >= 15 is 0 Å². The summed E-state index contributed by atoms with van der Waals surface area (Å²) in [5.74, 6) is 1.83. The summed E-state index contributed by atoms with van der Waals surface area (Å²) in [6.07, 6.45) is 7.31. The van der Waals surface area contributed by atoms with Gasteiger partial charge >= 0.3 is 0 Å². The Morgan fingerprint density at radius 2 is 2.24 bits per heavy atom. The number of hydrogen-bond donors (Lipinski definition) is 2. The summed E-state index contributed by atoms with van der Waals surface area (Å²) in [5.41, 5.74) is 0.887. The van der Waals surface area contributed by atoms with Crippen LogP contribution in [0.25, 0.3) is 5.65 Å². The zero-order valence-electron chi connectivity index (χ0n) is 17.2. The summed E-state index contributed by atoms with van der Waals surface area (Å²) in [4.78, 5) is 4.65. The number of guanidine groups is 1. The number of pyridine rings is 1. The Morgan fingerprint density at radius 1 is 1.31 bits per heavy atom. The summed E-state index contributed by atoms with van der Waals surface area (Å²) >= 11 is 0. The predicted molar refractivity (Wildman–Crippen MR) is 125 cm³/mol. The fourth-order valence-electron chi connectivity index (χ4n) is 3.20. The Bertz CT molecular complexity index is 733. The van der Waals surface area contributed by atoms with Gasteiger partial charge in [-0.1, -0.05) is 6.07 Å². The second-order valence-electron chi connectivity index (χ2n) is 6.90. The van der Waals surface area contributed by atoms with Crippen LogP contribution in [-0.4, -0.2) is 66.1 Å². The van der Waals surface area contributed by atoms with Crippen LogP contribution in [0.5, 0.6) is 0 Å². The monoisotopic (exact) mass is 516 g/mol. The Labute approximate surface area is 189 Å². The van der Waals surface area contributed by atoms with Gasteiger partial charge in [0.1, 0.15) is 5.82 Å². The maximum atomic E-state index is 5.69. The molecule has 0 saturated carbocycles. The van der Waals surface area contributed by atoms with Crippen molar-refractivity contribution < 1.29 is 9.47 Å². The fraction of sp³-hybridized carbons (Fsp3) is 0.650. The molecule has 3 rings (SSSR count). The van der Waals surface area contributed by atoms with Crippen molar-refractivity contribution in [1.82, 2.24) is 25.2 Å². The number of aliphatic imine (C=N–C) groups is 1. The molecule has 0 radical (unpaired) electrons. The van der Waals surface area contributed by atoms with Crippen LogP contribution < -0.4 is 10.6 Å². The molecular weight excluding hydrogens is 483 g/mol. The zero-order chi connectivity index (χ0) is 19.4. The third kappa shape index (κ3) is 8.06. The van der Waals surface area contributed by atoms with Crippen LogP contribution in [0.15, 0.2) is 29.4 Å². The molecule has 1 aliphatic rings. The molecule has 0 amide bonds. The summed E-state index contributed by atoms with van der Waals surface area (Å²) < 4.78 is 13.3.